The molecule has 7 nitrogen and oxygen atoms in total. The number of ether oxygens (including phenoxy) is 2. The van der Waals surface area contributed by atoms with Gasteiger partial charge in [-0.3, -0.25) is 4.79 Å². The minimum atomic E-state index is -4.62. The van der Waals surface area contributed by atoms with E-state index in [4.69, 9.17) is 9.47 Å². The third-order valence-corrected chi connectivity index (χ3v) is 7.26. The average molecular weight is 543 g/mol. The molecule has 0 spiro atoms. The van der Waals surface area contributed by atoms with Crippen molar-refractivity contribution < 1.29 is 37.7 Å². The minimum absolute atomic E-state index is 0.0247. The summed E-state index contributed by atoms with van der Waals surface area (Å²) in [5.74, 6) is -0.704. The summed E-state index contributed by atoms with van der Waals surface area (Å²) in [6.07, 6.45) is -0.197. The maximum Gasteiger partial charge on any atom is 0.417 e. The van der Waals surface area contributed by atoms with E-state index in [1.165, 1.54) is 0 Å². The van der Waals surface area contributed by atoms with E-state index in [9.17, 15) is 28.2 Å². The Bertz CT molecular complexity index is 1390. The lowest BCUT2D eigenvalue weighted by molar-refractivity contribution is -0.139. The number of nitrogens with zero attached hydrogens (tertiary/aromatic N) is 2. The highest BCUT2D eigenvalue weighted by atomic mass is 19.4. The van der Waals surface area contributed by atoms with E-state index in [1.54, 1.807) is 44.3 Å². The van der Waals surface area contributed by atoms with E-state index in [0.717, 1.165) is 23.4 Å². The molecule has 0 unspecified atom stereocenters. The van der Waals surface area contributed by atoms with Crippen LogP contribution in [0, 0.1) is 11.8 Å². The number of halogens is 3. The van der Waals surface area contributed by atoms with Gasteiger partial charge in [0.05, 0.1) is 23.7 Å². The third-order valence-electron chi connectivity index (χ3n) is 7.26. The second-order valence-corrected chi connectivity index (χ2v) is 10.8. The summed E-state index contributed by atoms with van der Waals surface area (Å²) in [7, 11) is 0. The predicted octanol–water partition coefficient (Wildman–Crippen LogP) is 5.64. The summed E-state index contributed by atoms with van der Waals surface area (Å²) in [5.41, 5.74) is 1.18. The Balaban J connectivity index is 1.27. The van der Waals surface area contributed by atoms with Gasteiger partial charge in [0.25, 0.3) is 0 Å². The number of rotatable bonds is 10. The molecule has 0 bridgehead atoms. The molecule has 0 saturated heterocycles. The fraction of sp³-hybridized carbons (Fsp3) is 0.414. The third kappa shape index (κ3) is 6.00. The molecular formula is C29H29F3N2O5. The molecule has 1 saturated carbocycles. The van der Waals surface area contributed by atoms with Crippen molar-refractivity contribution in [2.45, 2.75) is 57.4 Å². The van der Waals surface area contributed by atoms with Crippen molar-refractivity contribution in [3.05, 3.63) is 71.0 Å². The minimum Gasteiger partial charge on any atom is -0.481 e. The number of fused-ring (bicyclic) bond motifs is 3. The lowest BCUT2D eigenvalue weighted by Crippen LogP contribution is -2.19. The number of aliphatic hydroxyl groups is 1. The summed E-state index contributed by atoms with van der Waals surface area (Å²) in [4.78, 5) is 19.7. The molecule has 3 aromatic rings. The Morgan fingerprint density at radius 3 is 2.54 bits per heavy atom. The molecule has 39 heavy (non-hydrogen) atoms. The van der Waals surface area contributed by atoms with Crippen molar-refractivity contribution >= 4 is 5.97 Å². The Labute approximate surface area is 223 Å². The van der Waals surface area contributed by atoms with E-state index in [0.29, 0.717) is 36.3 Å². The van der Waals surface area contributed by atoms with E-state index in [-0.39, 0.29) is 42.4 Å². The monoisotopic (exact) mass is 542 g/mol. The number of aliphatic carboxylic acids is 1. The van der Waals surface area contributed by atoms with Crippen molar-refractivity contribution in [3.8, 4) is 22.9 Å². The number of hydrogen-bond acceptors (Lipinski definition) is 6. The quantitative estimate of drug-likeness (QED) is 0.320. The Morgan fingerprint density at radius 1 is 1.08 bits per heavy atom. The molecule has 1 aromatic carbocycles. The van der Waals surface area contributed by atoms with Crippen molar-refractivity contribution in [1.82, 2.24) is 9.97 Å². The Morgan fingerprint density at radius 2 is 1.82 bits per heavy atom. The highest BCUT2D eigenvalue weighted by Gasteiger charge is 2.59. The van der Waals surface area contributed by atoms with Crippen LogP contribution >= 0.6 is 0 Å². The number of aromatic nitrogens is 2. The summed E-state index contributed by atoms with van der Waals surface area (Å²) >= 11 is 0. The number of carbonyl (C=O) groups is 1. The predicted molar refractivity (Wildman–Crippen MR) is 135 cm³/mol. The molecule has 2 heterocycles. The Kier molecular flexibility index (Phi) is 7.00. The zero-order valence-corrected chi connectivity index (χ0v) is 21.5. The van der Waals surface area contributed by atoms with Crippen LogP contribution in [0.4, 0.5) is 13.2 Å². The zero-order valence-electron chi connectivity index (χ0n) is 21.5. The normalized spacial score (nSPS) is 19.8. The van der Waals surface area contributed by atoms with Gasteiger partial charge < -0.3 is 19.7 Å². The van der Waals surface area contributed by atoms with Gasteiger partial charge in [0.15, 0.2) is 0 Å². The number of carboxylic acids is 1. The maximum absolute atomic E-state index is 14.0. The van der Waals surface area contributed by atoms with Gasteiger partial charge in [-0.2, -0.15) is 13.2 Å². The van der Waals surface area contributed by atoms with Crippen LogP contribution in [0.15, 0.2) is 48.8 Å². The molecule has 2 aliphatic rings. The molecule has 0 radical (unpaired) electrons. The molecule has 206 valence electrons. The van der Waals surface area contributed by atoms with E-state index < -0.39 is 23.3 Å². The smallest absolute Gasteiger partial charge is 0.417 e. The molecule has 2 aliphatic carbocycles. The van der Waals surface area contributed by atoms with E-state index in [2.05, 4.69) is 9.97 Å². The second kappa shape index (κ2) is 10.1. The first-order valence-electron chi connectivity index (χ1n) is 12.8. The van der Waals surface area contributed by atoms with Gasteiger partial charge in [-0.05, 0) is 67.3 Å². The van der Waals surface area contributed by atoms with Gasteiger partial charge in [0.1, 0.15) is 6.61 Å². The van der Waals surface area contributed by atoms with Gasteiger partial charge in [0.2, 0.25) is 11.8 Å². The van der Waals surface area contributed by atoms with Crippen LogP contribution < -0.4 is 9.47 Å². The summed E-state index contributed by atoms with van der Waals surface area (Å²) in [6.45, 7) is 3.55. The van der Waals surface area contributed by atoms with Crippen molar-refractivity contribution in [2.75, 3.05) is 6.61 Å². The molecule has 0 amide bonds. The standard InChI is InChI=1S/C29H29F3N2O5/c1-28(2,37)7-4-8-38-24-12-22(29(30,31)32)20(13-33-24)17-6-3-5-16(9-17)15-39-23-11-18-10-19-25(21(18)14-34-23)26(19)27(35)36/h3,5-6,9,11-14,19,25-26,37H,4,7-8,10,15H2,1-2H3,(H,35,36)/t19-,25-,26+/m1/s1. The first-order chi connectivity index (χ1) is 18.4. The number of hydrogen-bond donors (Lipinski definition) is 2. The first kappa shape index (κ1) is 26.9. The number of pyridine rings is 2. The molecule has 3 atom stereocenters. The van der Waals surface area contributed by atoms with Crippen LogP contribution in [0.3, 0.4) is 0 Å². The molecule has 0 aliphatic heterocycles. The lowest BCUT2D eigenvalue weighted by atomic mass is 10.00. The molecule has 5 rings (SSSR count). The largest absolute Gasteiger partial charge is 0.481 e. The van der Waals surface area contributed by atoms with Crippen molar-refractivity contribution in [3.63, 3.8) is 0 Å². The molecule has 2 aromatic heterocycles. The van der Waals surface area contributed by atoms with E-state index in [1.807, 2.05) is 6.07 Å². The summed E-state index contributed by atoms with van der Waals surface area (Å²) < 4.78 is 53.1. The first-order valence-corrected chi connectivity index (χ1v) is 12.8. The van der Waals surface area contributed by atoms with Crippen LogP contribution in [-0.2, 0) is 24.0 Å². The molecular weight excluding hydrogens is 513 g/mol. The maximum atomic E-state index is 14.0. The number of carboxylic acid groups (broad SMARTS) is 1. The fourth-order valence-electron chi connectivity index (χ4n) is 5.33. The average Bonchev–Trinajstić information content (AvgIpc) is 3.47. The topological polar surface area (TPSA) is 102 Å². The SMILES string of the molecule is CC(C)(O)CCCOc1cc(C(F)(F)F)c(-c2cccc(COc3cc4c(cn3)[C@H]3[C@@H](C4)[C@@H]3C(=O)O)c2)cn1. The highest BCUT2D eigenvalue weighted by molar-refractivity contribution is 5.77. The van der Waals surface area contributed by atoms with Crippen molar-refractivity contribution in [1.29, 1.82) is 0 Å². The van der Waals surface area contributed by atoms with Gasteiger partial charge >= 0.3 is 12.1 Å². The number of benzene rings is 1. The fourth-order valence-corrected chi connectivity index (χ4v) is 5.33. The molecule has 2 N–H and O–H groups in total. The van der Waals surface area contributed by atoms with Gasteiger partial charge in [0, 0.05) is 36.0 Å². The molecule has 1 fully saturated rings. The van der Waals surface area contributed by atoms with E-state index >= 15 is 0 Å². The summed E-state index contributed by atoms with van der Waals surface area (Å²) in [5, 5.41) is 19.0. The van der Waals surface area contributed by atoms with Gasteiger partial charge in [-0.25, -0.2) is 9.97 Å². The van der Waals surface area contributed by atoms with Crippen LogP contribution in [0.2, 0.25) is 0 Å². The van der Waals surface area contributed by atoms with Crippen LogP contribution in [0.1, 0.15) is 54.9 Å². The summed E-state index contributed by atoms with van der Waals surface area (Å²) in [6, 6.07) is 9.33. The lowest BCUT2D eigenvalue weighted by Gasteiger charge is -2.17. The van der Waals surface area contributed by atoms with Gasteiger partial charge in [-0.1, -0.05) is 18.2 Å². The molecule has 10 heteroatoms. The Hall–Kier alpha value is -3.66. The highest BCUT2D eigenvalue weighted by Crippen LogP contribution is 2.61. The van der Waals surface area contributed by atoms with Crippen molar-refractivity contribution in [2.24, 2.45) is 11.8 Å². The van der Waals surface area contributed by atoms with Crippen LogP contribution in [0.25, 0.3) is 11.1 Å². The van der Waals surface area contributed by atoms with Crippen LogP contribution in [0.5, 0.6) is 11.8 Å². The number of alkyl halides is 3. The van der Waals surface area contributed by atoms with Crippen LogP contribution in [-0.4, -0.2) is 38.4 Å². The van der Waals surface area contributed by atoms with Gasteiger partial charge in [-0.15, -0.1) is 0 Å². The zero-order chi connectivity index (χ0) is 27.9. The second-order valence-electron chi connectivity index (χ2n) is 10.8.